The van der Waals surface area contributed by atoms with Gasteiger partial charge in [0.05, 0.1) is 16.3 Å². The predicted octanol–water partition coefficient (Wildman–Crippen LogP) is 5.04. The van der Waals surface area contributed by atoms with E-state index in [1.165, 1.54) is 0 Å². The van der Waals surface area contributed by atoms with Crippen molar-refractivity contribution < 1.29 is 14.3 Å². The van der Waals surface area contributed by atoms with Gasteiger partial charge in [-0.3, -0.25) is 0 Å². The van der Waals surface area contributed by atoms with Crippen LogP contribution in [0, 0.1) is 3.57 Å². The van der Waals surface area contributed by atoms with Crippen molar-refractivity contribution in [3.05, 3.63) is 73.3 Å². The molecule has 3 rings (SSSR count). The molecule has 1 heterocycles. The van der Waals surface area contributed by atoms with Crippen LogP contribution in [0.3, 0.4) is 0 Å². The van der Waals surface area contributed by atoms with Gasteiger partial charge in [0, 0.05) is 10.0 Å². The summed E-state index contributed by atoms with van der Waals surface area (Å²) in [7, 11) is 1.64. The van der Waals surface area contributed by atoms with Gasteiger partial charge >= 0.3 is 5.97 Å². The highest BCUT2D eigenvalue weighted by Gasteiger charge is 2.21. The van der Waals surface area contributed by atoms with Crippen LogP contribution in [0.2, 0.25) is 0 Å². The number of benzene rings is 2. The molecule has 5 heteroatoms. The van der Waals surface area contributed by atoms with Crippen LogP contribution in [-0.4, -0.2) is 13.1 Å². The lowest BCUT2D eigenvalue weighted by atomic mass is 10.1. The molecular weight excluding hydrogens is 471 g/mol. The number of halogens is 2. The van der Waals surface area contributed by atoms with E-state index in [1.54, 1.807) is 13.2 Å². The number of carbonyl (C=O) groups excluding carboxylic acids is 1. The molecule has 0 spiro atoms. The summed E-state index contributed by atoms with van der Waals surface area (Å²) in [6, 6.07) is 13.4. The van der Waals surface area contributed by atoms with Crippen molar-refractivity contribution in [2.24, 2.45) is 0 Å². The average Bonchev–Trinajstić information content (AvgIpc) is 2.89. The molecule has 0 atom stereocenters. The Balaban J connectivity index is 1.91. The van der Waals surface area contributed by atoms with Crippen molar-refractivity contribution in [3.8, 4) is 5.75 Å². The van der Waals surface area contributed by atoms with Gasteiger partial charge in [0.15, 0.2) is 0 Å². The summed E-state index contributed by atoms with van der Waals surface area (Å²) < 4.78 is 12.6. The van der Waals surface area contributed by atoms with E-state index >= 15 is 0 Å². The summed E-state index contributed by atoms with van der Waals surface area (Å²) >= 11 is 5.59. The molecule has 0 unspecified atom stereocenters. The zero-order chi connectivity index (χ0) is 16.4. The number of rotatable bonds is 3. The number of methoxy groups -OCH3 is 1. The Morgan fingerprint density at radius 3 is 2.57 bits per heavy atom. The molecule has 0 bridgehead atoms. The molecule has 0 aliphatic carbocycles. The zero-order valence-electron chi connectivity index (χ0n) is 12.2. The van der Waals surface area contributed by atoms with E-state index in [4.69, 9.17) is 9.47 Å². The molecule has 1 aliphatic heterocycles. The maximum Gasteiger partial charge on any atom is 0.343 e. The highest BCUT2D eigenvalue weighted by Crippen LogP contribution is 2.29. The van der Waals surface area contributed by atoms with Crippen LogP contribution in [0.4, 0.5) is 0 Å². The van der Waals surface area contributed by atoms with E-state index in [-0.39, 0.29) is 5.97 Å². The minimum Gasteiger partial charge on any atom is -0.496 e. The van der Waals surface area contributed by atoms with Crippen LogP contribution in [0.5, 0.6) is 5.75 Å². The minimum absolute atomic E-state index is 0.339. The average molecular weight is 483 g/mol. The molecule has 2 aromatic carbocycles. The summed E-state index contributed by atoms with van der Waals surface area (Å²) in [4.78, 5) is 12.1. The van der Waals surface area contributed by atoms with Crippen molar-refractivity contribution in [3.63, 3.8) is 0 Å². The van der Waals surface area contributed by atoms with Crippen LogP contribution in [0.1, 0.15) is 11.1 Å². The first kappa shape index (κ1) is 16.3. The van der Waals surface area contributed by atoms with E-state index in [9.17, 15) is 4.79 Å². The Morgan fingerprint density at radius 1 is 1.17 bits per heavy atom. The highest BCUT2D eigenvalue weighted by atomic mass is 127. The van der Waals surface area contributed by atoms with Crippen molar-refractivity contribution in [2.75, 3.05) is 7.11 Å². The second-order valence-corrected chi connectivity index (χ2v) is 6.98. The van der Waals surface area contributed by atoms with Gasteiger partial charge in [-0.1, -0.05) is 34.1 Å². The summed E-state index contributed by atoms with van der Waals surface area (Å²) in [6.45, 7) is 0. The van der Waals surface area contributed by atoms with E-state index < -0.39 is 0 Å². The number of cyclic esters (lactones) is 1. The molecule has 0 aromatic heterocycles. The number of esters is 1. The minimum atomic E-state index is -0.339. The number of ether oxygens (including phenoxy) is 2. The molecule has 2 aromatic rings. The third-order valence-corrected chi connectivity index (χ3v) is 4.72. The van der Waals surface area contributed by atoms with Crippen molar-refractivity contribution in [1.82, 2.24) is 0 Å². The van der Waals surface area contributed by atoms with E-state index in [2.05, 4.69) is 38.5 Å². The van der Waals surface area contributed by atoms with E-state index in [1.807, 2.05) is 48.5 Å². The normalized spacial score (nSPS) is 15.5. The van der Waals surface area contributed by atoms with Crippen LogP contribution >= 0.6 is 38.5 Å². The Bertz CT molecular complexity index is 823. The van der Waals surface area contributed by atoms with E-state index in [0.29, 0.717) is 11.3 Å². The van der Waals surface area contributed by atoms with Gasteiger partial charge in [0.25, 0.3) is 0 Å². The topological polar surface area (TPSA) is 35.5 Å². The molecule has 0 saturated heterocycles. The lowest BCUT2D eigenvalue weighted by molar-refractivity contribution is -0.130. The number of carbonyl (C=O) groups is 1. The van der Waals surface area contributed by atoms with Gasteiger partial charge in [-0.2, -0.15) is 0 Å². The number of hydrogen-bond acceptors (Lipinski definition) is 3. The van der Waals surface area contributed by atoms with Gasteiger partial charge in [0.2, 0.25) is 0 Å². The number of hydrogen-bond donors (Lipinski definition) is 0. The van der Waals surface area contributed by atoms with Crippen LogP contribution < -0.4 is 4.74 Å². The standard InChI is InChI=1S/C18H12BrIO3/c1-22-16-7-2-11(9-15(16)20)8-13-10-17(23-18(13)21)12-3-5-14(19)6-4-12/h2-10H,1H3/b13-8+. The lowest BCUT2D eigenvalue weighted by Crippen LogP contribution is -1.97. The lowest BCUT2D eigenvalue weighted by Gasteiger charge is -2.03. The van der Waals surface area contributed by atoms with Crippen molar-refractivity contribution in [1.29, 1.82) is 0 Å². The summed E-state index contributed by atoms with van der Waals surface area (Å²) in [6.07, 6.45) is 3.58. The third-order valence-electron chi connectivity index (χ3n) is 3.35. The van der Waals surface area contributed by atoms with E-state index in [0.717, 1.165) is 24.9 Å². The molecular formula is C18H12BrIO3. The molecule has 0 fully saturated rings. The van der Waals surface area contributed by atoms with Crippen LogP contribution in [0.15, 0.2) is 58.6 Å². The largest absolute Gasteiger partial charge is 0.496 e. The Kier molecular flexibility index (Phi) is 4.87. The van der Waals surface area contributed by atoms with Gasteiger partial charge in [0.1, 0.15) is 11.5 Å². The second kappa shape index (κ2) is 6.88. The fourth-order valence-electron chi connectivity index (χ4n) is 2.20. The molecule has 0 N–H and O–H groups in total. The maximum atomic E-state index is 12.1. The zero-order valence-corrected chi connectivity index (χ0v) is 15.9. The summed E-state index contributed by atoms with van der Waals surface area (Å²) in [5, 5.41) is 0. The fourth-order valence-corrected chi connectivity index (χ4v) is 3.22. The molecule has 0 saturated carbocycles. The Morgan fingerprint density at radius 2 is 1.91 bits per heavy atom. The fraction of sp³-hybridized carbons (Fsp3) is 0.0556. The summed E-state index contributed by atoms with van der Waals surface area (Å²) in [5.41, 5.74) is 2.33. The SMILES string of the molecule is COc1ccc(/C=C2\C=C(c3ccc(Br)cc3)OC2=O)cc1I. The first-order chi connectivity index (χ1) is 11.1. The summed E-state index contributed by atoms with van der Waals surface area (Å²) in [5.74, 6) is 1.04. The Labute approximate surface area is 156 Å². The quantitative estimate of drug-likeness (QED) is 0.349. The smallest absolute Gasteiger partial charge is 0.343 e. The van der Waals surface area contributed by atoms with Gasteiger partial charge < -0.3 is 9.47 Å². The molecule has 3 nitrogen and oxygen atoms in total. The molecule has 0 radical (unpaired) electrons. The highest BCUT2D eigenvalue weighted by molar-refractivity contribution is 14.1. The third kappa shape index (κ3) is 3.67. The molecule has 116 valence electrons. The van der Waals surface area contributed by atoms with Gasteiger partial charge in [-0.05, 0) is 64.6 Å². The van der Waals surface area contributed by atoms with Gasteiger partial charge in [-0.15, -0.1) is 0 Å². The first-order valence-corrected chi connectivity index (χ1v) is 8.69. The molecule has 0 amide bonds. The van der Waals surface area contributed by atoms with Crippen molar-refractivity contribution in [2.45, 2.75) is 0 Å². The predicted molar refractivity (Wildman–Crippen MR) is 102 cm³/mol. The monoisotopic (exact) mass is 482 g/mol. The first-order valence-electron chi connectivity index (χ1n) is 6.82. The Hall–Kier alpha value is -1.60. The molecule has 1 aliphatic rings. The maximum absolute atomic E-state index is 12.1. The van der Waals surface area contributed by atoms with Crippen LogP contribution in [-0.2, 0) is 9.53 Å². The van der Waals surface area contributed by atoms with Gasteiger partial charge in [-0.25, -0.2) is 4.79 Å². The van der Waals surface area contributed by atoms with Crippen molar-refractivity contribution >= 4 is 56.3 Å². The molecule has 23 heavy (non-hydrogen) atoms. The van der Waals surface area contributed by atoms with Crippen LogP contribution in [0.25, 0.3) is 11.8 Å². The second-order valence-electron chi connectivity index (χ2n) is 4.90.